The third-order valence-corrected chi connectivity index (χ3v) is 3.18. The van der Waals surface area contributed by atoms with Gasteiger partial charge in [0.1, 0.15) is 0 Å². The van der Waals surface area contributed by atoms with E-state index in [0.29, 0.717) is 0 Å². The van der Waals surface area contributed by atoms with Crippen molar-refractivity contribution in [3.63, 3.8) is 0 Å². The van der Waals surface area contributed by atoms with Gasteiger partial charge in [-0.3, -0.25) is 9.47 Å². The molecule has 4 nitrogen and oxygen atoms in total. The maximum Gasteiger partial charge on any atom is 0.234 e. The number of nitrogens with zero attached hydrogens (tertiary/aromatic N) is 4. The summed E-state index contributed by atoms with van der Waals surface area (Å²) in [4.78, 5) is 11.3. The SMILES string of the molecule is C=CCN(CC=C)Cc1cccn1-c1nc(C)cc(C)n1. The molecule has 4 heteroatoms. The van der Waals surface area contributed by atoms with Gasteiger partial charge in [0, 0.05) is 42.9 Å². The van der Waals surface area contributed by atoms with Crippen LogP contribution < -0.4 is 0 Å². The van der Waals surface area contributed by atoms with Gasteiger partial charge in [0.2, 0.25) is 5.95 Å². The molecule has 0 N–H and O–H groups in total. The van der Waals surface area contributed by atoms with Gasteiger partial charge >= 0.3 is 0 Å². The molecule has 2 aromatic heterocycles. The van der Waals surface area contributed by atoms with Crippen LogP contribution in [0, 0.1) is 13.8 Å². The van der Waals surface area contributed by atoms with Crippen molar-refractivity contribution in [1.29, 1.82) is 0 Å². The standard InChI is InChI=1S/C17H22N4/c1-5-9-20(10-6-2)13-16-8-7-11-21(16)17-18-14(3)12-15(4)19-17/h5-8,11-12H,1-2,9-10,13H2,3-4H3. The summed E-state index contributed by atoms with van der Waals surface area (Å²) in [5.41, 5.74) is 3.11. The van der Waals surface area contributed by atoms with Crippen LogP contribution in [0.5, 0.6) is 0 Å². The van der Waals surface area contributed by atoms with Crippen LogP contribution in [0.2, 0.25) is 0 Å². The Morgan fingerprint density at radius 1 is 1.14 bits per heavy atom. The molecule has 2 rings (SSSR count). The fourth-order valence-electron chi connectivity index (χ4n) is 2.35. The molecule has 0 saturated carbocycles. The molecule has 0 amide bonds. The normalized spacial score (nSPS) is 10.8. The van der Waals surface area contributed by atoms with Crippen LogP contribution in [0.1, 0.15) is 17.1 Å². The first-order valence-corrected chi connectivity index (χ1v) is 7.07. The Bertz CT molecular complexity index is 597. The van der Waals surface area contributed by atoms with Crippen LogP contribution in [0.25, 0.3) is 5.95 Å². The number of aromatic nitrogens is 3. The van der Waals surface area contributed by atoms with Gasteiger partial charge in [0.15, 0.2) is 0 Å². The molecular weight excluding hydrogens is 260 g/mol. The van der Waals surface area contributed by atoms with Crippen molar-refractivity contribution in [1.82, 2.24) is 19.4 Å². The fraction of sp³-hybridized carbons (Fsp3) is 0.294. The Kier molecular flexibility index (Phi) is 5.06. The van der Waals surface area contributed by atoms with Crippen LogP contribution in [0.4, 0.5) is 0 Å². The molecule has 0 spiro atoms. The van der Waals surface area contributed by atoms with E-state index in [-0.39, 0.29) is 0 Å². The van der Waals surface area contributed by atoms with Crippen LogP contribution in [-0.4, -0.2) is 32.5 Å². The molecular formula is C17H22N4. The molecule has 110 valence electrons. The molecule has 0 aliphatic heterocycles. The highest BCUT2D eigenvalue weighted by molar-refractivity contribution is 5.24. The minimum absolute atomic E-state index is 0.727. The Morgan fingerprint density at radius 3 is 2.33 bits per heavy atom. The highest BCUT2D eigenvalue weighted by Gasteiger charge is 2.10. The van der Waals surface area contributed by atoms with E-state index < -0.39 is 0 Å². The Hall–Kier alpha value is -2.20. The van der Waals surface area contributed by atoms with E-state index in [9.17, 15) is 0 Å². The first-order chi connectivity index (χ1) is 10.1. The second-order valence-electron chi connectivity index (χ2n) is 5.09. The predicted molar refractivity (Wildman–Crippen MR) is 86.5 cm³/mol. The lowest BCUT2D eigenvalue weighted by Gasteiger charge is -2.19. The molecule has 2 aromatic rings. The summed E-state index contributed by atoms with van der Waals surface area (Å²) in [6.07, 6.45) is 5.82. The second-order valence-corrected chi connectivity index (χ2v) is 5.09. The van der Waals surface area contributed by atoms with E-state index in [0.717, 1.165) is 42.7 Å². The molecule has 0 radical (unpaired) electrons. The van der Waals surface area contributed by atoms with Crippen molar-refractivity contribution in [3.8, 4) is 5.95 Å². The molecule has 0 unspecified atom stereocenters. The molecule has 2 heterocycles. The van der Waals surface area contributed by atoms with Gasteiger partial charge in [-0.1, -0.05) is 12.2 Å². The summed E-state index contributed by atoms with van der Waals surface area (Å²) >= 11 is 0. The monoisotopic (exact) mass is 282 g/mol. The van der Waals surface area contributed by atoms with Crippen LogP contribution in [0.15, 0.2) is 49.7 Å². The lowest BCUT2D eigenvalue weighted by molar-refractivity contribution is 0.321. The topological polar surface area (TPSA) is 34.0 Å². The van der Waals surface area contributed by atoms with Gasteiger partial charge in [-0.2, -0.15) is 0 Å². The van der Waals surface area contributed by atoms with Crippen molar-refractivity contribution in [3.05, 3.63) is 66.8 Å². The molecule has 0 aromatic carbocycles. The van der Waals surface area contributed by atoms with E-state index in [4.69, 9.17) is 0 Å². The highest BCUT2D eigenvalue weighted by atomic mass is 15.2. The zero-order chi connectivity index (χ0) is 15.2. The molecule has 0 saturated heterocycles. The first kappa shape index (κ1) is 15.2. The highest BCUT2D eigenvalue weighted by Crippen LogP contribution is 2.12. The van der Waals surface area contributed by atoms with Crippen molar-refractivity contribution in [2.45, 2.75) is 20.4 Å². The van der Waals surface area contributed by atoms with Gasteiger partial charge in [-0.15, -0.1) is 13.2 Å². The van der Waals surface area contributed by atoms with Crippen molar-refractivity contribution in [2.75, 3.05) is 13.1 Å². The lowest BCUT2D eigenvalue weighted by atomic mass is 10.3. The largest absolute Gasteiger partial charge is 0.290 e. The molecule has 0 aliphatic carbocycles. The number of hydrogen-bond acceptors (Lipinski definition) is 3. The molecule has 0 aliphatic rings. The molecule has 21 heavy (non-hydrogen) atoms. The quantitative estimate of drug-likeness (QED) is 0.732. The van der Waals surface area contributed by atoms with Gasteiger partial charge in [-0.05, 0) is 32.0 Å². The van der Waals surface area contributed by atoms with Crippen LogP contribution >= 0.6 is 0 Å². The molecule has 0 fully saturated rings. The average Bonchev–Trinajstić information content (AvgIpc) is 2.86. The smallest absolute Gasteiger partial charge is 0.234 e. The maximum atomic E-state index is 4.53. The predicted octanol–water partition coefficient (Wildman–Crippen LogP) is 3.06. The van der Waals surface area contributed by atoms with Crippen molar-refractivity contribution in [2.24, 2.45) is 0 Å². The van der Waals surface area contributed by atoms with E-state index in [1.807, 2.05) is 48.9 Å². The maximum absolute atomic E-state index is 4.53. The van der Waals surface area contributed by atoms with E-state index in [1.165, 1.54) is 0 Å². The fourth-order valence-corrected chi connectivity index (χ4v) is 2.35. The van der Waals surface area contributed by atoms with Crippen LogP contribution in [-0.2, 0) is 6.54 Å². The second kappa shape index (κ2) is 6.99. The average molecular weight is 282 g/mol. The Balaban J connectivity index is 2.29. The van der Waals surface area contributed by atoms with Gasteiger partial charge in [0.05, 0.1) is 0 Å². The zero-order valence-corrected chi connectivity index (χ0v) is 12.8. The first-order valence-electron chi connectivity index (χ1n) is 7.07. The van der Waals surface area contributed by atoms with E-state index in [1.54, 1.807) is 0 Å². The van der Waals surface area contributed by atoms with Crippen molar-refractivity contribution >= 4 is 0 Å². The summed E-state index contributed by atoms with van der Waals surface area (Å²) < 4.78 is 2.04. The number of rotatable bonds is 7. The summed E-state index contributed by atoms with van der Waals surface area (Å²) in [5, 5.41) is 0. The summed E-state index contributed by atoms with van der Waals surface area (Å²) in [6, 6.07) is 6.10. The summed E-state index contributed by atoms with van der Waals surface area (Å²) in [6.45, 7) is 14.1. The summed E-state index contributed by atoms with van der Waals surface area (Å²) in [5.74, 6) is 0.727. The minimum Gasteiger partial charge on any atom is -0.290 e. The van der Waals surface area contributed by atoms with E-state index >= 15 is 0 Å². The minimum atomic E-state index is 0.727. The third-order valence-electron chi connectivity index (χ3n) is 3.18. The molecule has 0 atom stereocenters. The van der Waals surface area contributed by atoms with E-state index in [2.05, 4.69) is 34.1 Å². The lowest BCUT2D eigenvalue weighted by Crippen LogP contribution is -2.24. The Labute approximate surface area is 126 Å². The van der Waals surface area contributed by atoms with Gasteiger partial charge in [-0.25, -0.2) is 9.97 Å². The zero-order valence-electron chi connectivity index (χ0n) is 12.8. The van der Waals surface area contributed by atoms with Crippen molar-refractivity contribution < 1.29 is 0 Å². The summed E-state index contributed by atoms with van der Waals surface area (Å²) in [7, 11) is 0. The van der Waals surface area contributed by atoms with Gasteiger partial charge in [0.25, 0.3) is 0 Å². The molecule has 0 bridgehead atoms. The van der Waals surface area contributed by atoms with Gasteiger partial charge < -0.3 is 0 Å². The number of hydrogen-bond donors (Lipinski definition) is 0. The number of aryl methyl sites for hydroxylation is 2. The Morgan fingerprint density at radius 2 is 1.76 bits per heavy atom. The van der Waals surface area contributed by atoms with Crippen LogP contribution in [0.3, 0.4) is 0 Å². The third kappa shape index (κ3) is 3.89.